The van der Waals surface area contributed by atoms with Crippen LogP contribution in [-0.2, 0) is 6.42 Å². The van der Waals surface area contributed by atoms with Crippen molar-refractivity contribution in [2.24, 2.45) is 0 Å². The van der Waals surface area contributed by atoms with Crippen molar-refractivity contribution in [2.45, 2.75) is 24.6 Å². The third kappa shape index (κ3) is 2.82. The summed E-state index contributed by atoms with van der Waals surface area (Å²) >= 11 is 5.71. The molecule has 1 aromatic heterocycles. The van der Waals surface area contributed by atoms with Crippen LogP contribution < -0.4 is 0 Å². The van der Waals surface area contributed by atoms with Gasteiger partial charge in [-0.05, 0) is 35.1 Å². The molecule has 102 valence electrons. The van der Waals surface area contributed by atoms with Gasteiger partial charge in [0.15, 0.2) is 0 Å². The molecule has 2 aromatic carbocycles. The number of hydrogen-bond acceptors (Lipinski definition) is 1. The van der Waals surface area contributed by atoms with Crippen molar-refractivity contribution in [1.82, 2.24) is 0 Å². The summed E-state index contributed by atoms with van der Waals surface area (Å²) in [6, 6.07) is 19.9. The normalized spacial score (nSPS) is 12.7. The van der Waals surface area contributed by atoms with Crippen LogP contribution in [0.2, 0.25) is 0 Å². The molecule has 0 saturated heterocycles. The first-order valence-corrected chi connectivity index (χ1v) is 8.72. The minimum atomic E-state index is 0.288. The second-order valence-corrected chi connectivity index (χ2v) is 7.07. The van der Waals surface area contributed by atoms with Crippen LogP contribution in [0.15, 0.2) is 54.6 Å². The van der Waals surface area contributed by atoms with E-state index >= 15 is 0 Å². The summed E-state index contributed by atoms with van der Waals surface area (Å²) in [5, 5.41) is 1.33. The second kappa shape index (κ2) is 6.11. The van der Waals surface area contributed by atoms with Gasteiger partial charge in [-0.25, -0.2) is 0 Å². The van der Waals surface area contributed by atoms with Gasteiger partial charge in [-0.1, -0.05) is 71.7 Å². The van der Waals surface area contributed by atoms with Crippen LogP contribution in [0, 0.1) is 0 Å². The van der Waals surface area contributed by atoms with Gasteiger partial charge in [0, 0.05) is 9.58 Å². The van der Waals surface area contributed by atoms with E-state index in [2.05, 4.69) is 77.5 Å². The van der Waals surface area contributed by atoms with E-state index in [1.54, 1.807) is 0 Å². The number of benzene rings is 2. The third-order valence-corrected chi connectivity index (χ3v) is 6.01. The van der Waals surface area contributed by atoms with Crippen molar-refractivity contribution in [3.8, 4) is 0 Å². The number of alkyl halides is 1. The Kier molecular flexibility index (Phi) is 4.23. The summed E-state index contributed by atoms with van der Waals surface area (Å²) in [6.07, 6.45) is 2.36. The molecule has 3 rings (SSSR count). The Morgan fingerprint density at radius 1 is 1.05 bits per heavy atom. The van der Waals surface area contributed by atoms with Crippen molar-refractivity contribution < 1.29 is 0 Å². The molecule has 3 aromatic rings. The molecule has 0 bridgehead atoms. The number of fused-ring (bicyclic) bond motifs is 1. The topological polar surface area (TPSA) is 0 Å². The van der Waals surface area contributed by atoms with Crippen LogP contribution in [0.5, 0.6) is 0 Å². The Morgan fingerprint density at radius 2 is 1.80 bits per heavy atom. The molecule has 0 saturated carbocycles. The predicted octanol–water partition coefficient (Wildman–Crippen LogP) is 6.34. The fourth-order valence-electron chi connectivity index (χ4n) is 2.43. The predicted molar refractivity (Wildman–Crippen MR) is 93.0 cm³/mol. The molecule has 0 aliphatic heterocycles. The van der Waals surface area contributed by atoms with Crippen molar-refractivity contribution in [3.05, 3.63) is 70.6 Å². The monoisotopic (exact) mass is 344 g/mol. The van der Waals surface area contributed by atoms with E-state index < -0.39 is 0 Å². The van der Waals surface area contributed by atoms with Crippen LogP contribution in [0.1, 0.15) is 34.2 Å². The molecule has 0 aliphatic rings. The maximum Gasteiger partial charge on any atom is 0.0738 e. The van der Waals surface area contributed by atoms with Crippen molar-refractivity contribution in [3.63, 3.8) is 0 Å². The van der Waals surface area contributed by atoms with Crippen LogP contribution in [0.25, 0.3) is 10.1 Å². The molecule has 1 atom stereocenters. The molecule has 0 N–H and O–H groups in total. The minimum absolute atomic E-state index is 0.288. The van der Waals surface area contributed by atoms with E-state index in [1.165, 1.54) is 32.5 Å². The zero-order valence-corrected chi connectivity index (χ0v) is 13.9. The Morgan fingerprint density at radius 3 is 2.50 bits per heavy atom. The highest BCUT2D eigenvalue weighted by Crippen LogP contribution is 2.38. The van der Waals surface area contributed by atoms with Crippen LogP contribution in [0.4, 0.5) is 0 Å². The van der Waals surface area contributed by atoms with Gasteiger partial charge in [-0.15, -0.1) is 11.3 Å². The molecule has 0 spiro atoms. The average molecular weight is 345 g/mol. The van der Waals surface area contributed by atoms with E-state index in [1.807, 2.05) is 11.3 Å². The molecule has 0 aliphatic carbocycles. The Bertz CT molecular complexity index is 664. The molecule has 0 amide bonds. The molecule has 2 heteroatoms. The molecule has 0 radical (unpaired) electrons. The maximum absolute atomic E-state index is 3.85. The first-order valence-electron chi connectivity index (χ1n) is 6.99. The lowest BCUT2D eigenvalue weighted by Crippen LogP contribution is -1.90. The molecule has 0 nitrogen and oxygen atoms in total. The van der Waals surface area contributed by atoms with Crippen molar-refractivity contribution >= 4 is 37.4 Å². The second-order valence-electron chi connectivity index (χ2n) is 5.04. The zero-order valence-electron chi connectivity index (χ0n) is 11.5. The molecule has 0 fully saturated rings. The smallest absolute Gasteiger partial charge is 0.0738 e. The van der Waals surface area contributed by atoms with Gasteiger partial charge < -0.3 is 0 Å². The van der Waals surface area contributed by atoms with Gasteiger partial charge >= 0.3 is 0 Å². The highest BCUT2D eigenvalue weighted by Gasteiger charge is 2.13. The largest absolute Gasteiger partial charge is 0.139 e. The fourth-order valence-corrected chi connectivity index (χ4v) is 4.22. The summed E-state index contributed by atoms with van der Waals surface area (Å²) < 4.78 is 1.36. The van der Waals surface area contributed by atoms with Crippen molar-refractivity contribution in [2.75, 3.05) is 0 Å². The van der Waals surface area contributed by atoms with E-state index in [0.29, 0.717) is 0 Å². The first kappa shape index (κ1) is 13.8. The van der Waals surface area contributed by atoms with Gasteiger partial charge in [0.25, 0.3) is 0 Å². The number of hydrogen-bond donors (Lipinski definition) is 0. The van der Waals surface area contributed by atoms with Crippen molar-refractivity contribution in [1.29, 1.82) is 0 Å². The lowest BCUT2D eigenvalue weighted by Gasteiger charge is -2.09. The average Bonchev–Trinajstić information content (AvgIpc) is 2.91. The van der Waals surface area contributed by atoms with Gasteiger partial charge in [-0.3, -0.25) is 0 Å². The maximum atomic E-state index is 3.85. The Balaban J connectivity index is 1.89. The van der Waals surface area contributed by atoms with Crippen LogP contribution >= 0.6 is 27.3 Å². The first-order chi connectivity index (χ1) is 9.78. The quantitative estimate of drug-likeness (QED) is 0.484. The van der Waals surface area contributed by atoms with Gasteiger partial charge in [0.2, 0.25) is 0 Å². The standard InChI is InChI=1S/C18H17BrS/c1-2-5-13-8-10-14(11-9-13)18(19)17-12-15-6-3-4-7-16(15)20-17/h3-4,6-12,18H,2,5H2,1H3. The lowest BCUT2D eigenvalue weighted by atomic mass is 10.1. The van der Waals surface area contributed by atoms with Gasteiger partial charge in [-0.2, -0.15) is 0 Å². The fraction of sp³-hybridized carbons (Fsp3) is 0.222. The Labute approximate surface area is 132 Å². The highest BCUT2D eigenvalue weighted by molar-refractivity contribution is 9.09. The van der Waals surface area contributed by atoms with E-state index in [4.69, 9.17) is 0 Å². The SMILES string of the molecule is CCCc1ccc(C(Br)c2cc3ccccc3s2)cc1. The molecule has 1 heterocycles. The third-order valence-electron chi connectivity index (χ3n) is 3.51. The van der Waals surface area contributed by atoms with E-state index in [-0.39, 0.29) is 4.83 Å². The lowest BCUT2D eigenvalue weighted by molar-refractivity contribution is 0.920. The Hall–Kier alpha value is -1.12. The van der Waals surface area contributed by atoms with E-state index in [0.717, 1.165) is 6.42 Å². The molecule has 20 heavy (non-hydrogen) atoms. The summed E-state index contributed by atoms with van der Waals surface area (Å²) in [4.78, 5) is 1.66. The van der Waals surface area contributed by atoms with Crippen LogP contribution in [0.3, 0.4) is 0 Å². The highest BCUT2D eigenvalue weighted by atomic mass is 79.9. The number of rotatable bonds is 4. The summed E-state index contributed by atoms with van der Waals surface area (Å²) in [6.45, 7) is 2.22. The zero-order chi connectivity index (χ0) is 13.9. The summed E-state index contributed by atoms with van der Waals surface area (Å²) in [7, 11) is 0. The summed E-state index contributed by atoms with van der Waals surface area (Å²) in [5.41, 5.74) is 2.75. The number of aryl methyl sites for hydroxylation is 1. The number of halogens is 1. The van der Waals surface area contributed by atoms with Crippen LogP contribution in [-0.4, -0.2) is 0 Å². The minimum Gasteiger partial charge on any atom is -0.139 e. The molecule has 1 unspecified atom stereocenters. The number of thiophene rings is 1. The van der Waals surface area contributed by atoms with Gasteiger partial charge in [0.05, 0.1) is 4.83 Å². The summed E-state index contributed by atoms with van der Waals surface area (Å²) in [5.74, 6) is 0. The molecular weight excluding hydrogens is 328 g/mol. The van der Waals surface area contributed by atoms with Gasteiger partial charge in [0.1, 0.15) is 0 Å². The van der Waals surface area contributed by atoms with E-state index in [9.17, 15) is 0 Å². The molecular formula is C18H17BrS.